The predicted octanol–water partition coefficient (Wildman–Crippen LogP) is 3.97. The van der Waals surface area contributed by atoms with Crippen LogP contribution in [0.1, 0.15) is 16.7 Å². The molecule has 1 fully saturated rings. The van der Waals surface area contributed by atoms with Crippen LogP contribution in [0.3, 0.4) is 0 Å². The number of benzene rings is 2. The maximum absolute atomic E-state index is 12.5. The Morgan fingerprint density at radius 3 is 2.62 bits per heavy atom. The molecule has 34 heavy (non-hydrogen) atoms. The molecule has 0 saturated carbocycles. The molecule has 8 heteroatoms. The lowest BCUT2D eigenvalue weighted by atomic mass is 10.2. The molecule has 2 amide bonds. The Hall–Kier alpha value is -3.62. The van der Waals surface area contributed by atoms with Gasteiger partial charge in [-0.15, -0.1) is 0 Å². The van der Waals surface area contributed by atoms with Gasteiger partial charge in [0.25, 0.3) is 0 Å². The van der Waals surface area contributed by atoms with E-state index in [9.17, 15) is 4.79 Å². The molecule has 1 aromatic heterocycles. The molecule has 1 saturated heterocycles. The third-order valence-electron chi connectivity index (χ3n) is 5.50. The summed E-state index contributed by atoms with van der Waals surface area (Å²) < 4.78 is 16.4. The minimum atomic E-state index is -0.270. The third-order valence-corrected chi connectivity index (χ3v) is 5.50. The molecule has 4 rings (SSSR count). The van der Waals surface area contributed by atoms with Crippen molar-refractivity contribution in [3.8, 4) is 5.75 Å². The first-order valence-electron chi connectivity index (χ1n) is 11.3. The zero-order valence-corrected chi connectivity index (χ0v) is 19.3. The van der Waals surface area contributed by atoms with Crippen molar-refractivity contribution >= 4 is 17.5 Å². The first-order valence-corrected chi connectivity index (χ1v) is 11.3. The van der Waals surface area contributed by atoms with Gasteiger partial charge in [0.15, 0.2) is 0 Å². The molecule has 0 bridgehead atoms. The average molecular weight is 463 g/mol. The van der Waals surface area contributed by atoms with Crippen LogP contribution in [0, 0.1) is 0 Å². The van der Waals surface area contributed by atoms with Crippen molar-refractivity contribution in [3.63, 3.8) is 0 Å². The van der Waals surface area contributed by atoms with Crippen LogP contribution in [-0.2, 0) is 29.2 Å². The van der Waals surface area contributed by atoms with E-state index in [2.05, 4.69) is 20.5 Å². The number of pyridine rings is 1. The van der Waals surface area contributed by atoms with Crippen molar-refractivity contribution in [2.75, 3.05) is 43.6 Å². The van der Waals surface area contributed by atoms with E-state index in [0.29, 0.717) is 38.7 Å². The molecule has 0 unspecified atom stereocenters. The van der Waals surface area contributed by atoms with Crippen molar-refractivity contribution in [3.05, 3.63) is 83.6 Å². The molecule has 0 atom stereocenters. The van der Waals surface area contributed by atoms with Crippen LogP contribution in [-0.4, -0.2) is 44.4 Å². The zero-order chi connectivity index (χ0) is 23.6. The summed E-state index contributed by atoms with van der Waals surface area (Å²) in [6.45, 7) is 4.29. The second-order valence-corrected chi connectivity index (χ2v) is 7.93. The summed E-state index contributed by atoms with van der Waals surface area (Å²) in [5.41, 5.74) is 3.73. The summed E-state index contributed by atoms with van der Waals surface area (Å²) in [7, 11) is 1.65. The molecule has 0 radical (unpaired) electrons. The Bertz CT molecular complexity index is 1070. The molecule has 8 nitrogen and oxygen atoms in total. The molecular weight excluding hydrogens is 432 g/mol. The minimum Gasteiger partial charge on any atom is -0.497 e. The smallest absolute Gasteiger partial charge is 0.319 e. The fourth-order valence-corrected chi connectivity index (χ4v) is 3.73. The van der Waals surface area contributed by atoms with E-state index in [0.717, 1.165) is 41.3 Å². The van der Waals surface area contributed by atoms with Gasteiger partial charge < -0.3 is 29.7 Å². The van der Waals surface area contributed by atoms with Crippen molar-refractivity contribution in [1.82, 2.24) is 10.3 Å². The van der Waals surface area contributed by atoms with Crippen LogP contribution >= 0.6 is 0 Å². The number of amides is 2. The SMILES string of the molecule is COc1ccc(COCc2cccc(NC(=O)NCc3cccnc3N3CCOCC3)c2)cc1. The number of urea groups is 1. The molecule has 2 N–H and O–H groups in total. The molecule has 3 aromatic rings. The van der Waals surface area contributed by atoms with E-state index >= 15 is 0 Å². The van der Waals surface area contributed by atoms with Gasteiger partial charge in [-0.25, -0.2) is 9.78 Å². The number of carbonyl (C=O) groups is 1. The van der Waals surface area contributed by atoms with E-state index in [1.807, 2.05) is 60.7 Å². The van der Waals surface area contributed by atoms with Gasteiger partial charge in [0.05, 0.1) is 33.5 Å². The minimum absolute atomic E-state index is 0.270. The summed E-state index contributed by atoms with van der Waals surface area (Å²) >= 11 is 0. The number of hydrogen-bond donors (Lipinski definition) is 2. The highest BCUT2D eigenvalue weighted by Crippen LogP contribution is 2.19. The number of ether oxygens (including phenoxy) is 3. The molecule has 0 aliphatic carbocycles. The zero-order valence-electron chi connectivity index (χ0n) is 19.3. The number of methoxy groups -OCH3 is 1. The van der Waals surface area contributed by atoms with Crippen LogP contribution in [0.2, 0.25) is 0 Å². The predicted molar refractivity (Wildman–Crippen MR) is 131 cm³/mol. The number of hydrogen-bond acceptors (Lipinski definition) is 6. The molecule has 178 valence electrons. The molecule has 2 aromatic carbocycles. The molecule has 1 aliphatic rings. The van der Waals surface area contributed by atoms with Crippen LogP contribution in [0.25, 0.3) is 0 Å². The standard InChI is InChI=1S/C26H30N4O4/c1-32-24-9-7-20(8-10-24)18-34-19-21-4-2-6-23(16-21)29-26(31)28-17-22-5-3-11-27-25(22)30-12-14-33-15-13-30/h2-11,16H,12-15,17-19H2,1H3,(H2,28,29,31). The average Bonchev–Trinajstić information content (AvgIpc) is 2.89. The van der Waals surface area contributed by atoms with Gasteiger partial charge in [-0.2, -0.15) is 0 Å². The summed E-state index contributed by atoms with van der Waals surface area (Å²) in [5, 5.41) is 5.83. The van der Waals surface area contributed by atoms with Gasteiger partial charge in [-0.3, -0.25) is 0 Å². The normalized spacial score (nSPS) is 13.4. The maximum atomic E-state index is 12.5. The van der Waals surface area contributed by atoms with Crippen LogP contribution in [0.15, 0.2) is 66.9 Å². The van der Waals surface area contributed by atoms with Gasteiger partial charge in [0, 0.05) is 37.1 Å². The van der Waals surface area contributed by atoms with E-state index in [1.165, 1.54) is 0 Å². The van der Waals surface area contributed by atoms with E-state index in [1.54, 1.807) is 13.3 Å². The Labute approximate surface area is 199 Å². The first kappa shape index (κ1) is 23.5. The fourth-order valence-electron chi connectivity index (χ4n) is 3.73. The summed E-state index contributed by atoms with van der Waals surface area (Å²) in [6.07, 6.45) is 1.77. The third kappa shape index (κ3) is 6.69. The number of nitrogens with one attached hydrogen (secondary N) is 2. The fraction of sp³-hybridized carbons (Fsp3) is 0.308. The van der Waals surface area contributed by atoms with E-state index in [4.69, 9.17) is 14.2 Å². The van der Waals surface area contributed by atoms with Crippen LogP contribution in [0.5, 0.6) is 5.75 Å². The monoisotopic (exact) mass is 462 g/mol. The second-order valence-electron chi connectivity index (χ2n) is 7.93. The van der Waals surface area contributed by atoms with E-state index < -0.39 is 0 Å². The second kappa shape index (κ2) is 12.0. The Kier molecular flexibility index (Phi) is 8.32. The maximum Gasteiger partial charge on any atom is 0.319 e. The highest BCUT2D eigenvalue weighted by atomic mass is 16.5. The van der Waals surface area contributed by atoms with Crippen LogP contribution < -0.4 is 20.3 Å². The number of nitrogens with zero attached hydrogens (tertiary/aromatic N) is 2. The molecule has 2 heterocycles. The lowest BCUT2D eigenvalue weighted by Crippen LogP contribution is -2.38. The molecule has 0 spiro atoms. The number of morpholine rings is 1. The molecule has 1 aliphatic heterocycles. The van der Waals surface area contributed by atoms with Gasteiger partial charge in [0.1, 0.15) is 11.6 Å². The Balaban J connectivity index is 1.26. The summed E-state index contributed by atoms with van der Waals surface area (Å²) in [6, 6.07) is 19.0. The number of carbonyl (C=O) groups excluding carboxylic acids is 1. The lowest BCUT2D eigenvalue weighted by Gasteiger charge is -2.29. The van der Waals surface area contributed by atoms with E-state index in [-0.39, 0.29) is 6.03 Å². The van der Waals surface area contributed by atoms with Crippen molar-refractivity contribution in [2.45, 2.75) is 19.8 Å². The first-order chi connectivity index (χ1) is 16.7. The topological polar surface area (TPSA) is 85.0 Å². The quantitative estimate of drug-likeness (QED) is 0.501. The highest BCUT2D eigenvalue weighted by Gasteiger charge is 2.16. The summed E-state index contributed by atoms with van der Waals surface area (Å²) in [4.78, 5) is 19.2. The number of aromatic nitrogens is 1. The van der Waals surface area contributed by atoms with Crippen LogP contribution in [0.4, 0.5) is 16.3 Å². The lowest BCUT2D eigenvalue weighted by molar-refractivity contribution is 0.107. The Morgan fingerprint density at radius 2 is 1.82 bits per heavy atom. The van der Waals surface area contributed by atoms with Gasteiger partial charge >= 0.3 is 6.03 Å². The van der Waals surface area contributed by atoms with Gasteiger partial charge in [-0.1, -0.05) is 30.3 Å². The number of anilines is 2. The molecular formula is C26H30N4O4. The van der Waals surface area contributed by atoms with Crippen molar-refractivity contribution in [2.24, 2.45) is 0 Å². The summed E-state index contributed by atoms with van der Waals surface area (Å²) in [5.74, 6) is 1.71. The van der Waals surface area contributed by atoms with Crippen molar-refractivity contribution in [1.29, 1.82) is 0 Å². The largest absolute Gasteiger partial charge is 0.497 e. The van der Waals surface area contributed by atoms with Gasteiger partial charge in [0.2, 0.25) is 0 Å². The highest BCUT2D eigenvalue weighted by molar-refractivity contribution is 5.89. The Morgan fingerprint density at radius 1 is 1.03 bits per heavy atom. The van der Waals surface area contributed by atoms with Crippen molar-refractivity contribution < 1.29 is 19.0 Å². The van der Waals surface area contributed by atoms with Gasteiger partial charge in [-0.05, 0) is 41.5 Å². The number of rotatable bonds is 9.